The predicted octanol–water partition coefficient (Wildman–Crippen LogP) is -0.147. The van der Waals surface area contributed by atoms with Gasteiger partial charge in [0.2, 0.25) is 0 Å². The van der Waals surface area contributed by atoms with E-state index in [4.69, 9.17) is 15.3 Å². The smallest absolute Gasteiger partial charge is 0.334 e. The molecule has 0 rings (SSSR count). The molecule has 0 saturated carbocycles. The molecule has 0 spiro atoms. The van der Waals surface area contributed by atoms with E-state index in [9.17, 15) is 9.59 Å². The Kier molecular flexibility index (Phi) is 3.43. The Morgan fingerprint density at radius 3 is 1.67 bits per heavy atom. The van der Waals surface area contributed by atoms with Crippen molar-refractivity contribution in [2.24, 2.45) is 0 Å². The van der Waals surface area contributed by atoms with E-state index in [1.54, 1.807) is 0 Å². The Morgan fingerprint density at radius 1 is 1.17 bits per heavy atom. The van der Waals surface area contributed by atoms with E-state index in [1.165, 1.54) is 6.92 Å². The minimum absolute atomic E-state index is 0.350. The average molecular weight is 174 g/mol. The first-order valence-corrected chi connectivity index (χ1v) is 3.23. The summed E-state index contributed by atoms with van der Waals surface area (Å²) in [4.78, 5) is 20.7. The molecule has 0 aliphatic heterocycles. The molecule has 12 heavy (non-hydrogen) atoms. The molecule has 1 unspecified atom stereocenters. The summed E-state index contributed by atoms with van der Waals surface area (Å²) >= 11 is 0. The minimum atomic E-state index is -1.41. The molecule has 0 amide bonds. The molecule has 0 aromatic carbocycles. The number of carboxylic acid groups (broad SMARTS) is 2. The molecular weight excluding hydrogens is 164 g/mol. The maximum absolute atomic E-state index is 10.4. The molecule has 0 radical (unpaired) electrons. The van der Waals surface area contributed by atoms with E-state index in [2.05, 4.69) is 0 Å². The lowest BCUT2D eigenvalue weighted by Crippen LogP contribution is -2.19. The quantitative estimate of drug-likeness (QED) is 0.517. The number of aliphatic carboxylic acids is 2. The van der Waals surface area contributed by atoms with Crippen LogP contribution < -0.4 is 0 Å². The van der Waals surface area contributed by atoms with Gasteiger partial charge in [0.25, 0.3) is 0 Å². The van der Waals surface area contributed by atoms with Crippen molar-refractivity contribution in [3.63, 3.8) is 0 Å². The zero-order chi connectivity index (χ0) is 9.89. The van der Waals surface area contributed by atoms with Gasteiger partial charge >= 0.3 is 11.9 Å². The largest absolute Gasteiger partial charge is 0.478 e. The highest BCUT2D eigenvalue weighted by Crippen LogP contribution is 2.09. The fraction of sp³-hybridized carbons (Fsp3) is 0.429. The third-order valence-corrected chi connectivity index (χ3v) is 1.37. The molecule has 5 heteroatoms. The molecule has 0 bridgehead atoms. The van der Waals surface area contributed by atoms with Gasteiger partial charge in [0.1, 0.15) is 0 Å². The van der Waals surface area contributed by atoms with Gasteiger partial charge in [0.15, 0.2) is 0 Å². The zero-order valence-electron chi connectivity index (χ0n) is 6.74. The summed E-state index contributed by atoms with van der Waals surface area (Å²) in [6, 6.07) is 0. The topological polar surface area (TPSA) is 94.8 Å². The first-order chi connectivity index (χ1) is 5.37. The first kappa shape index (κ1) is 10.6. The summed E-state index contributed by atoms with van der Waals surface area (Å²) in [5.41, 5.74) is -0.833. The molecule has 0 aliphatic rings. The molecule has 0 fully saturated rings. The van der Waals surface area contributed by atoms with Crippen molar-refractivity contribution in [2.75, 3.05) is 0 Å². The van der Waals surface area contributed by atoms with Gasteiger partial charge in [-0.15, -0.1) is 0 Å². The third kappa shape index (κ3) is 2.35. The second kappa shape index (κ2) is 3.87. The predicted molar refractivity (Wildman–Crippen MR) is 39.7 cm³/mol. The number of carbonyl (C=O) groups is 2. The molecule has 3 N–H and O–H groups in total. The standard InChI is InChI=1S/C7H10O5/c1-3(6(9)10)5(4(2)8)7(11)12/h4,8H,1-2H3,(H,9,10)(H,11,12)/b5-3-. The summed E-state index contributed by atoms with van der Waals surface area (Å²) < 4.78 is 0. The SMILES string of the molecule is C/C(C(=O)O)=C(/C(=O)O)C(C)O. The molecule has 0 aliphatic carbocycles. The maximum atomic E-state index is 10.4. The normalized spacial score (nSPS) is 14.9. The molecule has 0 aromatic heterocycles. The highest BCUT2D eigenvalue weighted by molar-refractivity contribution is 5.98. The van der Waals surface area contributed by atoms with E-state index in [1.807, 2.05) is 0 Å². The van der Waals surface area contributed by atoms with E-state index in [-0.39, 0.29) is 5.57 Å². The van der Waals surface area contributed by atoms with E-state index >= 15 is 0 Å². The summed E-state index contributed by atoms with van der Waals surface area (Å²) in [7, 11) is 0. The van der Waals surface area contributed by atoms with Crippen LogP contribution in [0.2, 0.25) is 0 Å². The van der Waals surface area contributed by atoms with Crippen LogP contribution in [0.5, 0.6) is 0 Å². The van der Waals surface area contributed by atoms with Crippen LogP contribution in [-0.4, -0.2) is 33.4 Å². The number of carboxylic acids is 2. The second-order valence-corrected chi connectivity index (χ2v) is 2.32. The van der Waals surface area contributed by atoms with Gasteiger partial charge in [0, 0.05) is 5.57 Å². The Labute approximate surface area is 68.9 Å². The van der Waals surface area contributed by atoms with Crippen molar-refractivity contribution in [3.8, 4) is 0 Å². The molecule has 0 heterocycles. The van der Waals surface area contributed by atoms with Gasteiger partial charge in [-0.1, -0.05) is 0 Å². The zero-order valence-corrected chi connectivity index (χ0v) is 6.74. The molecule has 68 valence electrons. The van der Waals surface area contributed by atoms with Crippen LogP contribution in [-0.2, 0) is 9.59 Å². The summed E-state index contributed by atoms with van der Waals surface area (Å²) in [6.45, 7) is 2.34. The Balaban J connectivity index is 5.08. The molecular formula is C7H10O5. The minimum Gasteiger partial charge on any atom is -0.478 e. The Bertz CT molecular complexity index is 238. The van der Waals surface area contributed by atoms with Gasteiger partial charge in [-0.3, -0.25) is 0 Å². The van der Waals surface area contributed by atoms with Crippen molar-refractivity contribution in [2.45, 2.75) is 20.0 Å². The van der Waals surface area contributed by atoms with Crippen LogP contribution in [0.1, 0.15) is 13.8 Å². The molecule has 0 aromatic rings. The lowest BCUT2D eigenvalue weighted by molar-refractivity contribution is -0.136. The number of hydrogen-bond donors (Lipinski definition) is 3. The number of hydrogen-bond acceptors (Lipinski definition) is 3. The monoisotopic (exact) mass is 174 g/mol. The van der Waals surface area contributed by atoms with Crippen LogP contribution in [0.4, 0.5) is 0 Å². The Hall–Kier alpha value is -1.36. The Morgan fingerprint density at radius 2 is 1.58 bits per heavy atom. The fourth-order valence-electron chi connectivity index (χ4n) is 0.768. The third-order valence-electron chi connectivity index (χ3n) is 1.37. The summed E-state index contributed by atoms with van der Waals surface area (Å²) in [5.74, 6) is -2.75. The van der Waals surface area contributed by atoms with E-state index < -0.39 is 23.6 Å². The lowest BCUT2D eigenvalue weighted by atomic mass is 10.1. The number of aliphatic hydroxyl groups is 1. The first-order valence-electron chi connectivity index (χ1n) is 3.23. The van der Waals surface area contributed by atoms with Gasteiger partial charge < -0.3 is 15.3 Å². The van der Waals surface area contributed by atoms with Crippen LogP contribution in [0.25, 0.3) is 0 Å². The van der Waals surface area contributed by atoms with Gasteiger partial charge in [-0.25, -0.2) is 9.59 Å². The fourth-order valence-corrected chi connectivity index (χ4v) is 0.768. The summed E-state index contributed by atoms with van der Waals surface area (Å²) in [5, 5.41) is 25.8. The number of rotatable bonds is 3. The van der Waals surface area contributed by atoms with Gasteiger partial charge in [-0.05, 0) is 13.8 Å². The molecule has 1 atom stereocenters. The molecule has 0 saturated heterocycles. The molecule has 5 nitrogen and oxygen atoms in total. The highest BCUT2D eigenvalue weighted by atomic mass is 16.4. The van der Waals surface area contributed by atoms with Crippen LogP contribution in [0.3, 0.4) is 0 Å². The van der Waals surface area contributed by atoms with Crippen LogP contribution in [0.15, 0.2) is 11.1 Å². The van der Waals surface area contributed by atoms with Crippen LogP contribution >= 0.6 is 0 Å². The number of aliphatic hydroxyl groups excluding tert-OH is 1. The maximum Gasteiger partial charge on any atom is 0.334 e. The van der Waals surface area contributed by atoms with Crippen molar-refractivity contribution in [1.82, 2.24) is 0 Å². The highest BCUT2D eigenvalue weighted by Gasteiger charge is 2.20. The van der Waals surface area contributed by atoms with Crippen molar-refractivity contribution in [1.29, 1.82) is 0 Å². The average Bonchev–Trinajstić information content (AvgIpc) is 1.85. The van der Waals surface area contributed by atoms with E-state index in [0.29, 0.717) is 0 Å². The lowest BCUT2D eigenvalue weighted by Gasteiger charge is -2.06. The van der Waals surface area contributed by atoms with Crippen LogP contribution in [0, 0.1) is 0 Å². The van der Waals surface area contributed by atoms with Gasteiger partial charge in [0.05, 0.1) is 11.7 Å². The van der Waals surface area contributed by atoms with Crippen molar-refractivity contribution < 1.29 is 24.9 Å². The van der Waals surface area contributed by atoms with E-state index in [0.717, 1.165) is 6.92 Å². The van der Waals surface area contributed by atoms with Gasteiger partial charge in [-0.2, -0.15) is 0 Å². The van der Waals surface area contributed by atoms with Crippen molar-refractivity contribution in [3.05, 3.63) is 11.1 Å². The second-order valence-electron chi connectivity index (χ2n) is 2.32. The summed E-state index contributed by atoms with van der Waals surface area (Å²) in [6.07, 6.45) is -1.28. The van der Waals surface area contributed by atoms with Crippen molar-refractivity contribution >= 4 is 11.9 Å².